The van der Waals surface area contributed by atoms with Crippen LogP contribution in [-0.4, -0.2) is 30.8 Å². The van der Waals surface area contributed by atoms with Crippen LogP contribution < -0.4 is 0 Å². The van der Waals surface area contributed by atoms with Crippen molar-refractivity contribution in [1.29, 1.82) is 0 Å². The number of unbranched alkanes of at least 4 members (excludes halogenated alkanes) is 8. The van der Waals surface area contributed by atoms with Gasteiger partial charge in [0.25, 0.3) is 0 Å². The van der Waals surface area contributed by atoms with Gasteiger partial charge in [-0.05, 0) is 20.3 Å². The lowest BCUT2D eigenvalue weighted by Gasteiger charge is -2.18. The molecule has 0 aromatic heterocycles. The molecule has 1 rings (SSSR count). The number of carbonyl (C=O) groups excluding carboxylic acids is 1. The summed E-state index contributed by atoms with van der Waals surface area (Å²) in [6.07, 6.45) is 14.2. The lowest BCUT2D eigenvalue weighted by molar-refractivity contribution is -0.142. The van der Waals surface area contributed by atoms with E-state index in [1.807, 2.05) is 11.8 Å². The van der Waals surface area contributed by atoms with E-state index in [1.54, 1.807) is 13.8 Å². The first-order valence-electron chi connectivity index (χ1n) is 9.45. The van der Waals surface area contributed by atoms with Crippen molar-refractivity contribution in [3.63, 3.8) is 0 Å². The minimum atomic E-state index is -0.631. The molecule has 0 bridgehead atoms. The van der Waals surface area contributed by atoms with Crippen molar-refractivity contribution in [3.05, 3.63) is 0 Å². The molecular weight excluding hydrogens is 421 g/mol. The molecule has 0 spiro atoms. The van der Waals surface area contributed by atoms with Crippen molar-refractivity contribution in [2.24, 2.45) is 0 Å². The highest BCUT2D eigenvalue weighted by molar-refractivity contribution is 8.42. The molecule has 1 unspecified atom stereocenters. The molecule has 1 saturated heterocycles. The molecule has 0 amide bonds. The number of thiocarbonyl (C=S) groups is 2. The molecule has 0 aliphatic carbocycles. The highest BCUT2D eigenvalue weighted by atomic mass is 32.2. The average Bonchev–Trinajstić information content (AvgIpc) is 3.27. The van der Waals surface area contributed by atoms with Gasteiger partial charge in [0.05, 0.1) is 16.6 Å². The Bertz CT molecular complexity index is 438. The van der Waals surface area contributed by atoms with E-state index in [1.165, 1.54) is 87.3 Å². The molecule has 0 aromatic carbocycles. The minimum absolute atomic E-state index is 0.293. The monoisotopic (exact) mass is 454 g/mol. The van der Waals surface area contributed by atoms with Gasteiger partial charge in [0.1, 0.15) is 8.28 Å². The van der Waals surface area contributed by atoms with Gasteiger partial charge in [0.15, 0.2) is 0 Å². The van der Waals surface area contributed by atoms with Crippen LogP contribution in [0.5, 0.6) is 0 Å². The van der Waals surface area contributed by atoms with Gasteiger partial charge >= 0.3 is 5.97 Å². The van der Waals surface area contributed by atoms with E-state index in [-0.39, 0.29) is 5.97 Å². The van der Waals surface area contributed by atoms with E-state index >= 15 is 0 Å². The van der Waals surface area contributed by atoms with Gasteiger partial charge in [-0.3, -0.25) is 4.79 Å². The summed E-state index contributed by atoms with van der Waals surface area (Å²) < 4.78 is 5.63. The lowest BCUT2D eigenvalue weighted by atomic mass is 10.1. The number of carbonyl (C=O) groups is 1. The molecule has 1 atom stereocenters. The van der Waals surface area contributed by atoms with Crippen LogP contribution in [-0.2, 0) is 9.53 Å². The van der Waals surface area contributed by atoms with Crippen LogP contribution in [0, 0.1) is 0 Å². The third-order valence-corrected chi connectivity index (χ3v) is 7.17. The van der Waals surface area contributed by atoms with Gasteiger partial charge in [-0.15, -0.1) is 24.4 Å². The predicted molar refractivity (Wildman–Crippen MR) is 131 cm³/mol. The van der Waals surface area contributed by atoms with E-state index in [9.17, 15) is 4.79 Å². The van der Waals surface area contributed by atoms with Gasteiger partial charge < -0.3 is 4.74 Å². The van der Waals surface area contributed by atoms with Gasteiger partial charge in [-0.1, -0.05) is 101 Å². The third kappa shape index (κ3) is 14.7. The van der Waals surface area contributed by atoms with Crippen LogP contribution >= 0.6 is 60.6 Å². The quantitative estimate of drug-likeness (QED) is 0.110. The Morgan fingerprint density at radius 2 is 1.62 bits per heavy atom. The predicted octanol–water partition coefficient (Wildman–Crippen LogP) is 7.24. The number of esters is 1. The third-order valence-electron chi connectivity index (χ3n) is 4.05. The molecular formula is C19H34O2S5. The van der Waals surface area contributed by atoms with Crippen LogP contribution in [0.15, 0.2) is 0 Å². The van der Waals surface area contributed by atoms with Gasteiger partial charge in [0.2, 0.25) is 0 Å². The Hall–Kier alpha value is 0.700. The van der Waals surface area contributed by atoms with Gasteiger partial charge in [0, 0.05) is 0 Å². The smallest absolute Gasteiger partial charge is 0.321 e. The maximum atomic E-state index is 11.0. The summed E-state index contributed by atoms with van der Waals surface area (Å²) in [5, 5.41) is 0.768. The second kappa shape index (κ2) is 15.6. The summed E-state index contributed by atoms with van der Waals surface area (Å²) in [4.78, 5) is 11.0. The molecule has 152 valence electrons. The molecule has 1 aliphatic rings. The Morgan fingerprint density at radius 1 is 1.15 bits per heavy atom. The van der Waals surface area contributed by atoms with Crippen molar-refractivity contribution < 1.29 is 9.53 Å². The van der Waals surface area contributed by atoms with Crippen molar-refractivity contribution in [2.45, 2.75) is 95.0 Å². The van der Waals surface area contributed by atoms with Crippen molar-refractivity contribution in [3.8, 4) is 0 Å². The highest BCUT2D eigenvalue weighted by Gasteiger charge is 2.30. The molecule has 0 N–H and O–H groups in total. The molecule has 0 radical (unpaired) electrons. The summed E-state index contributed by atoms with van der Waals surface area (Å²) in [6.45, 7) is 5.76. The molecule has 26 heavy (non-hydrogen) atoms. The Kier molecular flexibility index (Phi) is 16.0. The first-order valence-corrected chi connectivity index (χ1v) is 12.4. The second-order valence-corrected chi connectivity index (χ2v) is 12.2. The molecule has 7 heteroatoms. The number of thioether (sulfide) groups is 2. The van der Waals surface area contributed by atoms with E-state index in [0.29, 0.717) is 3.53 Å². The standard InChI is InChI=1S/C13H24S2.C6H10O2S3/c1-2-3-4-5-6-7-8-9-10-11-12-13(14)15-12;1-6(2,4(7)8-3)11-5(9)10/h12H,2-11H2,1H3;1-3H3,(H,9,10). The number of hydrogen-bond acceptors (Lipinski definition) is 6. The first kappa shape index (κ1) is 26.7. The Morgan fingerprint density at radius 3 is 2.00 bits per heavy atom. The number of ether oxygens (including phenoxy) is 1. The number of hydrogen-bond donors (Lipinski definition) is 1. The SMILES string of the molecule is CCCCCCCCCCCC1SC1=S.COC(=O)C(C)(C)SC(=S)S. The van der Waals surface area contributed by atoms with E-state index < -0.39 is 4.75 Å². The fraction of sp³-hybridized carbons (Fsp3) is 0.842. The summed E-state index contributed by atoms with van der Waals surface area (Å²) >= 11 is 16.8. The molecule has 2 nitrogen and oxygen atoms in total. The molecule has 1 aliphatic heterocycles. The van der Waals surface area contributed by atoms with E-state index in [4.69, 9.17) is 24.4 Å². The van der Waals surface area contributed by atoms with Crippen molar-refractivity contribution in [1.82, 2.24) is 0 Å². The zero-order valence-electron chi connectivity index (χ0n) is 16.5. The fourth-order valence-electron chi connectivity index (χ4n) is 2.43. The van der Waals surface area contributed by atoms with Crippen LogP contribution in [0.2, 0.25) is 0 Å². The minimum Gasteiger partial charge on any atom is -0.468 e. The summed E-state index contributed by atoms with van der Waals surface area (Å²) in [5.41, 5.74) is 0. The Labute approximate surface area is 185 Å². The fourth-order valence-corrected chi connectivity index (χ4v) is 5.42. The zero-order chi connectivity index (χ0) is 20.0. The maximum absolute atomic E-state index is 11.0. The highest BCUT2D eigenvalue weighted by Crippen LogP contribution is 2.38. The topological polar surface area (TPSA) is 26.3 Å². The van der Waals surface area contributed by atoms with Crippen LogP contribution in [0.3, 0.4) is 0 Å². The average molecular weight is 455 g/mol. The van der Waals surface area contributed by atoms with E-state index in [0.717, 1.165) is 5.25 Å². The largest absolute Gasteiger partial charge is 0.468 e. The normalized spacial score (nSPS) is 15.9. The molecule has 0 aromatic rings. The van der Waals surface area contributed by atoms with Crippen molar-refractivity contribution in [2.75, 3.05) is 7.11 Å². The van der Waals surface area contributed by atoms with Crippen LogP contribution in [0.1, 0.15) is 85.0 Å². The summed E-state index contributed by atoms with van der Waals surface area (Å²) in [5.74, 6) is -0.293. The first-order chi connectivity index (χ1) is 12.2. The summed E-state index contributed by atoms with van der Waals surface area (Å²) in [6, 6.07) is 0. The van der Waals surface area contributed by atoms with Gasteiger partial charge in [-0.25, -0.2) is 0 Å². The van der Waals surface area contributed by atoms with E-state index in [2.05, 4.69) is 24.3 Å². The molecule has 1 fully saturated rings. The maximum Gasteiger partial charge on any atom is 0.321 e. The van der Waals surface area contributed by atoms with Crippen molar-refractivity contribution >= 4 is 74.3 Å². The number of rotatable bonds is 12. The van der Waals surface area contributed by atoms with Crippen LogP contribution in [0.4, 0.5) is 0 Å². The van der Waals surface area contributed by atoms with Crippen LogP contribution in [0.25, 0.3) is 0 Å². The summed E-state index contributed by atoms with van der Waals surface area (Å²) in [7, 11) is 1.35. The second-order valence-electron chi connectivity index (χ2n) is 6.91. The number of methoxy groups -OCH3 is 1. The Balaban J connectivity index is 0.000000508. The molecule has 1 heterocycles. The number of thiol groups is 1. The van der Waals surface area contributed by atoms with Gasteiger partial charge in [-0.2, -0.15) is 0 Å². The molecule has 0 saturated carbocycles. The lowest BCUT2D eigenvalue weighted by Crippen LogP contribution is -2.29. The zero-order valence-corrected chi connectivity index (χ0v) is 20.7.